The highest BCUT2D eigenvalue weighted by atomic mass is 14.5. The first-order valence-corrected chi connectivity index (χ1v) is 5.22. The van der Waals surface area contributed by atoms with Crippen molar-refractivity contribution in [1.82, 2.24) is 0 Å². The van der Waals surface area contributed by atoms with Crippen molar-refractivity contribution in [2.45, 2.75) is 39.0 Å². The molecule has 0 heterocycles. The first-order chi connectivity index (χ1) is 5.83. The monoisotopic (exact) mass is 163 g/mol. The summed E-state index contributed by atoms with van der Waals surface area (Å²) in [5.41, 5.74) is 0. The molecule has 0 aromatic heterocycles. The molecule has 0 spiro atoms. The molecule has 1 heteroatoms. The lowest BCUT2D eigenvalue weighted by Gasteiger charge is -2.13. The number of nitrogens with zero attached hydrogens (tertiary/aromatic N) is 1. The molecule has 0 aromatic rings. The summed E-state index contributed by atoms with van der Waals surface area (Å²) in [5, 5.41) is 8.84. The fourth-order valence-electron chi connectivity index (χ4n) is 2.75. The third kappa shape index (κ3) is 1.35. The smallest absolute Gasteiger partial charge is 0.0661 e. The summed E-state index contributed by atoms with van der Waals surface area (Å²) in [4.78, 5) is 0. The van der Waals surface area contributed by atoms with Gasteiger partial charge in [0.05, 0.1) is 12.0 Å². The normalized spacial score (nSPS) is 46.7. The highest BCUT2D eigenvalue weighted by Crippen LogP contribution is 2.53. The molecule has 2 aliphatic rings. The van der Waals surface area contributed by atoms with Gasteiger partial charge < -0.3 is 0 Å². The molecule has 2 rings (SSSR count). The summed E-state index contributed by atoms with van der Waals surface area (Å²) in [6.45, 7) is 2.35. The van der Waals surface area contributed by atoms with Gasteiger partial charge in [0.15, 0.2) is 0 Å². The van der Waals surface area contributed by atoms with Crippen LogP contribution in [0.1, 0.15) is 39.0 Å². The third-order valence-electron chi connectivity index (χ3n) is 3.71. The van der Waals surface area contributed by atoms with E-state index in [9.17, 15) is 0 Å². The van der Waals surface area contributed by atoms with Gasteiger partial charge in [0.2, 0.25) is 0 Å². The van der Waals surface area contributed by atoms with Crippen LogP contribution in [0.25, 0.3) is 0 Å². The number of rotatable bonds is 0. The van der Waals surface area contributed by atoms with E-state index in [0.29, 0.717) is 5.92 Å². The van der Waals surface area contributed by atoms with Crippen LogP contribution in [0.4, 0.5) is 0 Å². The summed E-state index contributed by atoms with van der Waals surface area (Å²) in [5.74, 6) is 2.93. The second-order valence-corrected chi connectivity index (χ2v) is 4.60. The third-order valence-corrected chi connectivity index (χ3v) is 3.71. The molecule has 66 valence electrons. The van der Waals surface area contributed by atoms with Gasteiger partial charge in [-0.15, -0.1) is 0 Å². The Balaban J connectivity index is 1.91. The number of hydrogen-bond donors (Lipinski definition) is 0. The van der Waals surface area contributed by atoms with Crippen molar-refractivity contribution in [3.05, 3.63) is 0 Å². The number of fused-ring (bicyclic) bond motifs is 1. The average Bonchev–Trinajstić information content (AvgIpc) is 2.70. The Labute approximate surface area is 74.8 Å². The van der Waals surface area contributed by atoms with Crippen LogP contribution in [0.3, 0.4) is 0 Å². The largest absolute Gasteiger partial charge is 0.198 e. The lowest BCUT2D eigenvalue weighted by atomic mass is 9.93. The van der Waals surface area contributed by atoms with Crippen molar-refractivity contribution in [2.24, 2.45) is 23.7 Å². The van der Waals surface area contributed by atoms with E-state index in [-0.39, 0.29) is 0 Å². The zero-order chi connectivity index (χ0) is 8.55. The van der Waals surface area contributed by atoms with E-state index >= 15 is 0 Å². The van der Waals surface area contributed by atoms with Crippen LogP contribution in [-0.2, 0) is 0 Å². The zero-order valence-electron chi connectivity index (χ0n) is 7.79. The summed E-state index contributed by atoms with van der Waals surface area (Å²) >= 11 is 0. The van der Waals surface area contributed by atoms with E-state index < -0.39 is 0 Å². The molecule has 2 fully saturated rings. The van der Waals surface area contributed by atoms with Gasteiger partial charge in [-0.3, -0.25) is 0 Å². The number of nitriles is 1. The maximum atomic E-state index is 8.84. The van der Waals surface area contributed by atoms with Crippen LogP contribution in [0.15, 0.2) is 0 Å². The molecule has 0 aromatic carbocycles. The molecule has 1 nitrogen and oxygen atoms in total. The molecule has 4 atom stereocenters. The van der Waals surface area contributed by atoms with E-state index in [4.69, 9.17) is 5.26 Å². The Hall–Kier alpha value is -0.510. The predicted molar refractivity (Wildman–Crippen MR) is 48.3 cm³/mol. The first-order valence-electron chi connectivity index (χ1n) is 5.22. The van der Waals surface area contributed by atoms with Crippen molar-refractivity contribution in [3.8, 4) is 6.07 Å². The van der Waals surface area contributed by atoms with Crippen LogP contribution in [0.2, 0.25) is 0 Å². The van der Waals surface area contributed by atoms with Crippen molar-refractivity contribution >= 4 is 0 Å². The molecule has 0 bridgehead atoms. The second kappa shape index (κ2) is 3.09. The van der Waals surface area contributed by atoms with Gasteiger partial charge >= 0.3 is 0 Å². The Morgan fingerprint density at radius 2 is 1.83 bits per heavy atom. The number of hydrogen-bond acceptors (Lipinski definition) is 1. The lowest BCUT2D eigenvalue weighted by molar-refractivity contribution is 0.393. The van der Waals surface area contributed by atoms with E-state index in [1.54, 1.807) is 0 Å². The second-order valence-electron chi connectivity index (χ2n) is 4.60. The summed E-state index contributed by atoms with van der Waals surface area (Å²) in [6.07, 6.45) is 6.76. The van der Waals surface area contributed by atoms with Crippen molar-refractivity contribution in [2.75, 3.05) is 0 Å². The maximum absolute atomic E-state index is 8.84. The van der Waals surface area contributed by atoms with Crippen molar-refractivity contribution in [3.63, 3.8) is 0 Å². The fraction of sp³-hybridized carbons (Fsp3) is 0.909. The molecule has 2 aliphatic carbocycles. The summed E-state index contributed by atoms with van der Waals surface area (Å²) < 4.78 is 0. The standard InChI is InChI=1S/C11H17N/c1-8-3-2-4-9-10(6-5-8)11(9)7-12/h8-11H,2-6H2,1H3. The molecular formula is C11H17N. The molecule has 0 N–H and O–H groups in total. The van der Waals surface area contributed by atoms with Gasteiger partial charge in [0, 0.05) is 0 Å². The van der Waals surface area contributed by atoms with Gasteiger partial charge in [-0.2, -0.15) is 5.26 Å². The SMILES string of the molecule is CC1CCCC2C(C#N)C2CC1. The average molecular weight is 163 g/mol. The Morgan fingerprint density at radius 1 is 1.08 bits per heavy atom. The van der Waals surface area contributed by atoms with Crippen LogP contribution in [-0.4, -0.2) is 0 Å². The minimum absolute atomic E-state index is 0.440. The molecular weight excluding hydrogens is 146 g/mol. The van der Waals surface area contributed by atoms with Crippen LogP contribution >= 0.6 is 0 Å². The minimum Gasteiger partial charge on any atom is -0.198 e. The summed E-state index contributed by atoms with van der Waals surface area (Å²) in [6, 6.07) is 2.45. The van der Waals surface area contributed by atoms with Gasteiger partial charge in [0.25, 0.3) is 0 Å². The van der Waals surface area contributed by atoms with E-state index in [2.05, 4.69) is 13.0 Å². The molecule has 0 radical (unpaired) electrons. The van der Waals surface area contributed by atoms with Gasteiger partial charge in [-0.1, -0.05) is 26.2 Å². The molecule has 2 saturated carbocycles. The molecule has 12 heavy (non-hydrogen) atoms. The van der Waals surface area contributed by atoms with Crippen LogP contribution < -0.4 is 0 Å². The molecule has 0 aliphatic heterocycles. The highest BCUT2D eigenvalue weighted by molar-refractivity contribution is 5.08. The van der Waals surface area contributed by atoms with E-state index in [1.165, 1.54) is 32.1 Å². The van der Waals surface area contributed by atoms with Gasteiger partial charge in [0.1, 0.15) is 0 Å². The van der Waals surface area contributed by atoms with Gasteiger partial charge in [-0.05, 0) is 30.6 Å². The minimum atomic E-state index is 0.440. The Morgan fingerprint density at radius 3 is 2.58 bits per heavy atom. The Kier molecular flexibility index (Phi) is 2.09. The van der Waals surface area contributed by atoms with Crippen LogP contribution in [0.5, 0.6) is 0 Å². The maximum Gasteiger partial charge on any atom is 0.0661 e. The molecule has 4 unspecified atom stereocenters. The Bertz CT molecular complexity index is 204. The van der Waals surface area contributed by atoms with Crippen molar-refractivity contribution < 1.29 is 0 Å². The lowest BCUT2D eigenvalue weighted by Crippen LogP contribution is -2.00. The van der Waals surface area contributed by atoms with Gasteiger partial charge in [-0.25, -0.2) is 0 Å². The fourth-order valence-corrected chi connectivity index (χ4v) is 2.75. The van der Waals surface area contributed by atoms with Crippen molar-refractivity contribution in [1.29, 1.82) is 5.26 Å². The topological polar surface area (TPSA) is 23.8 Å². The van der Waals surface area contributed by atoms with Crippen LogP contribution in [0, 0.1) is 35.0 Å². The highest BCUT2D eigenvalue weighted by Gasteiger charge is 2.49. The quantitative estimate of drug-likeness (QED) is 0.538. The molecule has 0 saturated heterocycles. The zero-order valence-corrected chi connectivity index (χ0v) is 7.79. The predicted octanol–water partition coefficient (Wildman–Crippen LogP) is 2.97. The van der Waals surface area contributed by atoms with E-state index in [1.807, 2.05) is 0 Å². The summed E-state index contributed by atoms with van der Waals surface area (Å²) in [7, 11) is 0. The first kappa shape index (κ1) is 8.10. The van der Waals surface area contributed by atoms with E-state index in [0.717, 1.165) is 17.8 Å². The molecule has 0 amide bonds.